The molecule has 0 aliphatic carbocycles. The van der Waals surface area contributed by atoms with Gasteiger partial charge in [0.25, 0.3) is 0 Å². The third-order valence-electron chi connectivity index (χ3n) is 4.27. The van der Waals surface area contributed by atoms with E-state index >= 15 is 0 Å². The van der Waals surface area contributed by atoms with Gasteiger partial charge in [0.05, 0.1) is 13.2 Å². The van der Waals surface area contributed by atoms with E-state index in [1.165, 1.54) is 7.11 Å². The second-order valence-corrected chi connectivity index (χ2v) is 6.01. The Balaban J connectivity index is 2.85. The second kappa shape index (κ2) is 9.25. The topological polar surface area (TPSA) is 50.1 Å². The quantitative estimate of drug-likeness (QED) is 0.484. The van der Waals surface area contributed by atoms with Gasteiger partial charge in [-0.1, -0.05) is 69.9 Å². The van der Waals surface area contributed by atoms with Gasteiger partial charge in [-0.15, -0.1) is 0 Å². The van der Waals surface area contributed by atoms with Crippen LogP contribution in [0, 0.1) is 16.7 Å². The van der Waals surface area contributed by atoms with Gasteiger partial charge in [-0.3, -0.25) is 4.79 Å². The lowest BCUT2D eigenvalue weighted by Crippen LogP contribution is -2.32. The average molecular weight is 301 g/mol. The number of unbranched alkanes of at least 4 members (excludes halogenated alkanes) is 3. The Labute approximate surface area is 134 Å². The molecule has 0 aromatic heterocycles. The minimum Gasteiger partial charge on any atom is -0.468 e. The number of methoxy groups -OCH3 is 1. The Bertz CT molecular complexity index is 492. The third kappa shape index (κ3) is 4.87. The van der Waals surface area contributed by atoms with Crippen LogP contribution in [0.2, 0.25) is 0 Å². The van der Waals surface area contributed by atoms with Crippen LogP contribution in [0.1, 0.15) is 63.9 Å². The molecule has 1 rings (SSSR count). The lowest BCUT2D eigenvalue weighted by molar-refractivity contribution is -0.150. The van der Waals surface area contributed by atoms with Crippen molar-refractivity contribution in [2.75, 3.05) is 7.11 Å². The van der Waals surface area contributed by atoms with Gasteiger partial charge in [-0.05, 0) is 24.3 Å². The van der Waals surface area contributed by atoms with Crippen molar-refractivity contribution in [3.8, 4) is 6.07 Å². The maximum Gasteiger partial charge on any atom is 0.326 e. The van der Waals surface area contributed by atoms with Gasteiger partial charge in [0.1, 0.15) is 0 Å². The first-order valence-corrected chi connectivity index (χ1v) is 8.14. The van der Waals surface area contributed by atoms with Crippen LogP contribution in [0.15, 0.2) is 30.3 Å². The first-order valence-electron chi connectivity index (χ1n) is 8.14. The zero-order chi connectivity index (χ0) is 16.4. The number of carbonyl (C=O) groups excluding carboxylic acids is 1. The van der Waals surface area contributed by atoms with Crippen molar-refractivity contribution in [2.45, 2.75) is 58.3 Å². The summed E-state index contributed by atoms with van der Waals surface area (Å²) in [5.74, 6) is -0.250. The minimum atomic E-state index is -1.03. The molecule has 1 aromatic rings. The fourth-order valence-corrected chi connectivity index (χ4v) is 2.91. The summed E-state index contributed by atoms with van der Waals surface area (Å²) in [6.07, 6.45) is 5.30. The Morgan fingerprint density at radius 3 is 2.50 bits per heavy atom. The van der Waals surface area contributed by atoms with E-state index in [2.05, 4.69) is 19.9 Å². The highest BCUT2D eigenvalue weighted by Crippen LogP contribution is 2.37. The van der Waals surface area contributed by atoms with Crippen molar-refractivity contribution >= 4 is 5.97 Å². The minimum absolute atomic E-state index is 0.145. The predicted molar refractivity (Wildman–Crippen MR) is 88.3 cm³/mol. The van der Waals surface area contributed by atoms with Gasteiger partial charge in [0, 0.05) is 0 Å². The SMILES string of the molecule is CCCCCC[C@@](C#N)(C[C@@H](C)c1ccccc1)C(=O)OC. The van der Waals surface area contributed by atoms with Crippen LogP contribution in [-0.2, 0) is 9.53 Å². The van der Waals surface area contributed by atoms with Gasteiger partial charge < -0.3 is 4.74 Å². The molecule has 0 saturated heterocycles. The monoisotopic (exact) mass is 301 g/mol. The maximum absolute atomic E-state index is 12.3. The molecule has 22 heavy (non-hydrogen) atoms. The number of rotatable bonds is 9. The van der Waals surface area contributed by atoms with E-state index in [0.29, 0.717) is 12.8 Å². The molecular weight excluding hydrogens is 274 g/mol. The van der Waals surface area contributed by atoms with E-state index in [-0.39, 0.29) is 5.92 Å². The molecule has 0 saturated carbocycles. The molecule has 0 bridgehead atoms. The van der Waals surface area contributed by atoms with Crippen molar-refractivity contribution < 1.29 is 9.53 Å². The molecule has 0 spiro atoms. The van der Waals surface area contributed by atoms with Crippen LogP contribution in [0.5, 0.6) is 0 Å². The molecule has 0 fully saturated rings. The van der Waals surface area contributed by atoms with Gasteiger partial charge in [0.2, 0.25) is 0 Å². The Morgan fingerprint density at radius 1 is 1.27 bits per heavy atom. The average Bonchev–Trinajstić information content (AvgIpc) is 2.57. The molecule has 0 heterocycles. The predicted octanol–water partition coefficient (Wildman–Crippen LogP) is 4.83. The summed E-state index contributed by atoms with van der Waals surface area (Å²) in [4.78, 5) is 12.3. The molecule has 0 unspecified atom stereocenters. The Hall–Kier alpha value is -1.82. The maximum atomic E-state index is 12.3. The smallest absolute Gasteiger partial charge is 0.326 e. The van der Waals surface area contributed by atoms with E-state index in [4.69, 9.17) is 4.74 Å². The van der Waals surface area contributed by atoms with Crippen molar-refractivity contribution in [1.29, 1.82) is 5.26 Å². The van der Waals surface area contributed by atoms with Crippen molar-refractivity contribution in [1.82, 2.24) is 0 Å². The number of esters is 1. The van der Waals surface area contributed by atoms with Gasteiger partial charge in [0.15, 0.2) is 5.41 Å². The number of benzene rings is 1. The summed E-state index contributed by atoms with van der Waals surface area (Å²) in [5, 5.41) is 9.68. The molecule has 0 aliphatic rings. The number of nitriles is 1. The highest BCUT2D eigenvalue weighted by molar-refractivity contribution is 5.80. The number of hydrogen-bond donors (Lipinski definition) is 0. The molecule has 120 valence electrons. The van der Waals surface area contributed by atoms with Gasteiger partial charge >= 0.3 is 5.97 Å². The molecule has 1 aromatic carbocycles. The van der Waals surface area contributed by atoms with E-state index in [1.807, 2.05) is 30.3 Å². The van der Waals surface area contributed by atoms with Crippen LogP contribution in [0.25, 0.3) is 0 Å². The zero-order valence-electron chi connectivity index (χ0n) is 14.0. The summed E-state index contributed by atoms with van der Waals surface area (Å²) in [6.45, 7) is 4.21. The van der Waals surface area contributed by atoms with Crippen LogP contribution < -0.4 is 0 Å². The van der Waals surface area contributed by atoms with E-state index in [9.17, 15) is 10.1 Å². The van der Waals surface area contributed by atoms with Gasteiger partial charge in [-0.25, -0.2) is 0 Å². The highest BCUT2D eigenvalue weighted by Gasteiger charge is 2.40. The molecule has 3 heteroatoms. The van der Waals surface area contributed by atoms with Crippen LogP contribution in [-0.4, -0.2) is 13.1 Å². The summed E-state index contributed by atoms with van der Waals surface area (Å²) in [6, 6.07) is 12.3. The summed E-state index contributed by atoms with van der Waals surface area (Å²) >= 11 is 0. The lowest BCUT2D eigenvalue weighted by atomic mass is 9.75. The fourth-order valence-electron chi connectivity index (χ4n) is 2.91. The zero-order valence-corrected chi connectivity index (χ0v) is 14.0. The standard InChI is InChI=1S/C19H27NO2/c1-4-5-6-10-13-19(15-20,18(21)22-3)14-16(2)17-11-8-7-9-12-17/h7-9,11-12,16H,4-6,10,13-14H2,1-3H3/t16-,19+/m1/s1. The Kier molecular flexibility index (Phi) is 7.66. The van der Waals surface area contributed by atoms with Gasteiger partial charge in [-0.2, -0.15) is 5.26 Å². The summed E-state index contributed by atoms with van der Waals surface area (Å²) in [5.41, 5.74) is 0.122. The van der Waals surface area contributed by atoms with Crippen molar-refractivity contribution in [2.24, 2.45) is 5.41 Å². The molecule has 0 N–H and O–H groups in total. The molecule has 0 aliphatic heterocycles. The number of ether oxygens (including phenoxy) is 1. The second-order valence-electron chi connectivity index (χ2n) is 6.01. The summed E-state index contributed by atoms with van der Waals surface area (Å²) < 4.78 is 4.94. The molecule has 2 atom stereocenters. The van der Waals surface area contributed by atoms with Crippen LogP contribution in [0.4, 0.5) is 0 Å². The normalized spacial score (nSPS) is 14.6. The van der Waals surface area contributed by atoms with Crippen molar-refractivity contribution in [3.63, 3.8) is 0 Å². The molecular formula is C19H27NO2. The van der Waals surface area contributed by atoms with Crippen molar-refractivity contribution in [3.05, 3.63) is 35.9 Å². The van der Waals surface area contributed by atoms with Crippen LogP contribution in [0.3, 0.4) is 0 Å². The first kappa shape index (κ1) is 18.2. The number of hydrogen-bond acceptors (Lipinski definition) is 3. The first-order chi connectivity index (χ1) is 10.6. The highest BCUT2D eigenvalue weighted by atomic mass is 16.5. The molecule has 0 amide bonds. The van der Waals surface area contributed by atoms with E-state index in [1.54, 1.807) is 0 Å². The third-order valence-corrected chi connectivity index (χ3v) is 4.27. The Morgan fingerprint density at radius 2 is 1.95 bits per heavy atom. The summed E-state index contributed by atoms with van der Waals surface area (Å²) in [7, 11) is 1.37. The molecule has 3 nitrogen and oxygen atoms in total. The molecule has 0 radical (unpaired) electrons. The fraction of sp³-hybridized carbons (Fsp3) is 0.579. The largest absolute Gasteiger partial charge is 0.468 e. The lowest BCUT2D eigenvalue weighted by Gasteiger charge is -2.27. The number of nitrogens with zero attached hydrogens (tertiary/aromatic N) is 1. The number of carbonyl (C=O) groups is 1. The van der Waals surface area contributed by atoms with E-state index < -0.39 is 11.4 Å². The van der Waals surface area contributed by atoms with E-state index in [0.717, 1.165) is 31.2 Å². The van der Waals surface area contributed by atoms with Crippen LogP contribution >= 0.6 is 0 Å².